The zero-order chi connectivity index (χ0) is 17.4. The third kappa shape index (κ3) is 2.78. The van der Waals surface area contributed by atoms with Crippen molar-refractivity contribution in [2.75, 3.05) is 24.8 Å². The topological polar surface area (TPSA) is 120 Å². The number of anilines is 3. The molecule has 0 radical (unpaired) electrons. The Hall–Kier alpha value is -3.07. The molecule has 1 aliphatic rings. The van der Waals surface area contributed by atoms with E-state index in [0.29, 0.717) is 28.4 Å². The van der Waals surface area contributed by atoms with Crippen molar-refractivity contribution in [2.24, 2.45) is 0 Å². The predicted octanol–water partition coefficient (Wildman–Crippen LogP) is 2.18. The highest BCUT2D eigenvalue weighted by Crippen LogP contribution is 2.32. The van der Waals surface area contributed by atoms with Crippen LogP contribution in [0.25, 0.3) is 11.2 Å². The summed E-state index contributed by atoms with van der Waals surface area (Å²) in [5.41, 5.74) is 7.69. The summed E-state index contributed by atoms with van der Waals surface area (Å²) < 4.78 is 12.6. The van der Waals surface area contributed by atoms with Crippen LogP contribution in [0.3, 0.4) is 0 Å². The number of hydrogen-bond donors (Lipinski definition) is 3. The first-order valence-corrected chi connectivity index (χ1v) is 7.91. The lowest BCUT2D eigenvalue weighted by Crippen LogP contribution is -2.08. The molecule has 0 saturated carbocycles. The Labute approximate surface area is 143 Å². The van der Waals surface area contributed by atoms with Gasteiger partial charge in [0.2, 0.25) is 5.95 Å². The molecule has 0 aliphatic carbocycles. The van der Waals surface area contributed by atoms with Crippen LogP contribution in [0.1, 0.15) is 19.1 Å². The summed E-state index contributed by atoms with van der Waals surface area (Å²) in [7, 11) is 1.49. The average molecular weight is 342 g/mol. The maximum Gasteiger partial charge on any atom is 0.224 e. The van der Waals surface area contributed by atoms with Crippen LogP contribution in [-0.4, -0.2) is 38.3 Å². The van der Waals surface area contributed by atoms with Gasteiger partial charge in [0.25, 0.3) is 0 Å². The molecule has 25 heavy (non-hydrogen) atoms. The first kappa shape index (κ1) is 15.5. The van der Waals surface area contributed by atoms with Gasteiger partial charge < -0.3 is 25.6 Å². The molecule has 1 unspecified atom stereocenters. The van der Waals surface area contributed by atoms with Crippen LogP contribution < -0.4 is 15.8 Å². The minimum absolute atomic E-state index is 0.0238. The van der Waals surface area contributed by atoms with Crippen LogP contribution in [0.2, 0.25) is 0 Å². The molecule has 4 rings (SSSR count). The molecule has 9 nitrogen and oxygen atoms in total. The van der Waals surface area contributed by atoms with Gasteiger partial charge in [0, 0.05) is 18.4 Å². The molecular formula is C16H18N6O3. The summed E-state index contributed by atoms with van der Waals surface area (Å²) in [5, 5.41) is 13.0. The first-order valence-electron chi connectivity index (χ1n) is 7.91. The van der Waals surface area contributed by atoms with E-state index < -0.39 is 0 Å². The van der Waals surface area contributed by atoms with Crippen molar-refractivity contribution in [3.8, 4) is 11.5 Å². The van der Waals surface area contributed by atoms with Crippen LogP contribution >= 0.6 is 0 Å². The standard InChI is InChI=1S/C16H18N6O3/c1-24-11-5-4-9(7-10(11)23)19-14-13-15(21-16(17)20-14)22(8-18-13)12-3-2-6-25-12/h4-5,7-8,12,23H,2-3,6H2,1H3,(H3,17,19,20,21). The van der Waals surface area contributed by atoms with Gasteiger partial charge in [0.1, 0.15) is 6.23 Å². The van der Waals surface area contributed by atoms with E-state index in [0.717, 1.165) is 19.4 Å². The summed E-state index contributed by atoms with van der Waals surface area (Å²) in [6.07, 6.45) is 3.51. The van der Waals surface area contributed by atoms with Crippen molar-refractivity contribution in [1.82, 2.24) is 19.5 Å². The van der Waals surface area contributed by atoms with Crippen molar-refractivity contribution >= 4 is 28.6 Å². The van der Waals surface area contributed by atoms with Gasteiger partial charge in [-0.15, -0.1) is 0 Å². The zero-order valence-corrected chi connectivity index (χ0v) is 13.6. The van der Waals surface area contributed by atoms with Gasteiger partial charge >= 0.3 is 0 Å². The Kier molecular flexibility index (Phi) is 3.77. The number of fused-ring (bicyclic) bond motifs is 1. The van der Waals surface area contributed by atoms with E-state index in [-0.39, 0.29) is 17.9 Å². The summed E-state index contributed by atoms with van der Waals surface area (Å²) in [5.74, 6) is 1.01. The first-order chi connectivity index (χ1) is 12.2. The molecule has 130 valence electrons. The molecule has 0 amide bonds. The highest BCUT2D eigenvalue weighted by molar-refractivity contribution is 5.86. The molecule has 4 N–H and O–H groups in total. The number of rotatable bonds is 4. The number of methoxy groups -OCH3 is 1. The van der Waals surface area contributed by atoms with Gasteiger partial charge in [-0.25, -0.2) is 4.98 Å². The number of aromatic nitrogens is 4. The molecule has 1 saturated heterocycles. The lowest BCUT2D eigenvalue weighted by atomic mass is 10.2. The van der Waals surface area contributed by atoms with Crippen molar-refractivity contribution in [1.29, 1.82) is 0 Å². The normalized spacial score (nSPS) is 17.1. The molecule has 1 aliphatic heterocycles. The molecular weight excluding hydrogens is 324 g/mol. The average Bonchev–Trinajstić information content (AvgIpc) is 3.24. The fraction of sp³-hybridized carbons (Fsp3) is 0.312. The van der Waals surface area contributed by atoms with Gasteiger partial charge in [-0.05, 0) is 25.0 Å². The fourth-order valence-electron chi connectivity index (χ4n) is 2.92. The number of nitrogens with one attached hydrogen (secondary N) is 1. The maximum absolute atomic E-state index is 9.93. The van der Waals surface area contributed by atoms with Crippen LogP contribution in [0.5, 0.6) is 11.5 Å². The van der Waals surface area contributed by atoms with Gasteiger partial charge in [-0.1, -0.05) is 0 Å². The highest BCUT2D eigenvalue weighted by Gasteiger charge is 2.22. The Balaban J connectivity index is 1.73. The number of phenols is 1. The summed E-state index contributed by atoms with van der Waals surface area (Å²) in [4.78, 5) is 12.9. The van der Waals surface area contributed by atoms with E-state index in [1.165, 1.54) is 7.11 Å². The summed E-state index contributed by atoms with van der Waals surface area (Å²) >= 11 is 0. The third-order valence-electron chi connectivity index (χ3n) is 4.10. The number of ether oxygens (including phenoxy) is 2. The minimum atomic E-state index is -0.0859. The zero-order valence-electron chi connectivity index (χ0n) is 13.6. The number of nitrogen functional groups attached to an aromatic ring is 1. The number of nitrogens with two attached hydrogens (primary N) is 1. The van der Waals surface area contributed by atoms with Gasteiger partial charge in [0.05, 0.1) is 13.4 Å². The van der Waals surface area contributed by atoms with Crippen molar-refractivity contribution < 1.29 is 14.6 Å². The monoisotopic (exact) mass is 342 g/mol. The quantitative estimate of drug-likeness (QED) is 0.660. The van der Waals surface area contributed by atoms with Crippen molar-refractivity contribution in [2.45, 2.75) is 19.1 Å². The Morgan fingerprint density at radius 1 is 1.40 bits per heavy atom. The molecule has 1 atom stereocenters. The lowest BCUT2D eigenvalue weighted by molar-refractivity contribution is 0.0593. The van der Waals surface area contributed by atoms with Crippen LogP contribution in [0, 0.1) is 0 Å². The largest absolute Gasteiger partial charge is 0.504 e. The van der Waals surface area contributed by atoms with Crippen molar-refractivity contribution in [3.63, 3.8) is 0 Å². The third-order valence-corrected chi connectivity index (χ3v) is 4.10. The maximum atomic E-state index is 9.93. The van der Waals surface area contributed by atoms with E-state index >= 15 is 0 Å². The Bertz CT molecular complexity index is 920. The number of hydrogen-bond acceptors (Lipinski definition) is 8. The van der Waals surface area contributed by atoms with Gasteiger partial charge in [-0.3, -0.25) is 4.57 Å². The number of nitrogens with zero attached hydrogens (tertiary/aromatic N) is 4. The second kappa shape index (κ2) is 6.10. The van der Waals surface area contributed by atoms with E-state index in [9.17, 15) is 5.11 Å². The fourth-order valence-corrected chi connectivity index (χ4v) is 2.92. The molecule has 1 fully saturated rings. The number of aromatic hydroxyl groups is 1. The summed E-state index contributed by atoms with van der Waals surface area (Å²) in [6.45, 7) is 0.723. The Morgan fingerprint density at radius 2 is 2.28 bits per heavy atom. The lowest BCUT2D eigenvalue weighted by Gasteiger charge is -2.12. The molecule has 2 aromatic heterocycles. The number of phenolic OH excluding ortho intramolecular Hbond substituents is 1. The second-order valence-corrected chi connectivity index (χ2v) is 5.73. The van der Waals surface area contributed by atoms with Crippen molar-refractivity contribution in [3.05, 3.63) is 24.5 Å². The van der Waals surface area contributed by atoms with E-state index in [1.54, 1.807) is 24.5 Å². The summed E-state index contributed by atoms with van der Waals surface area (Å²) in [6, 6.07) is 4.96. The number of imidazole rings is 1. The smallest absolute Gasteiger partial charge is 0.224 e. The van der Waals surface area contributed by atoms with E-state index in [4.69, 9.17) is 15.2 Å². The molecule has 1 aromatic carbocycles. The number of benzene rings is 1. The van der Waals surface area contributed by atoms with Crippen LogP contribution in [0.15, 0.2) is 24.5 Å². The van der Waals surface area contributed by atoms with E-state index in [1.807, 2.05) is 4.57 Å². The molecule has 3 heterocycles. The molecule has 0 spiro atoms. The molecule has 3 aromatic rings. The Morgan fingerprint density at radius 3 is 3.00 bits per heavy atom. The van der Waals surface area contributed by atoms with Gasteiger partial charge in [0.15, 0.2) is 28.5 Å². The molecule has 0 bridgehead atoms. The molecule has 9 heteroatoms. The highest BCUT2D eigenvalue weighted by atomic mass is 16.5. The van der Waals surface area contributed by atoms with E-state index in [2.05, 4.69) is 20.3 Å². The predicted molar refractivity (Wildman–Crippen MR) is 91.9 cm³/mol. The van der Waals surface area contributed by atoms with Crippen LogP contribution in [-0.2, 0) is 4.74 Å². The minimum Gasteiger partial charge on any atom is -0.504 e. The second-order valence-electron chi connectivity index (χ2n) is 5.73. The van der Waals surface area contributed by atoms with Crippen LogP contribution in [0.4, 0.5) is 17.5 Å². The SMILES string of the molecule is COc1ccc(Nc2nc(N)nc3c2ncn3C2CCCO2)cc1O. The van der Waals surface area contributed by atoms with Gasteiger partial charge in [-0.2, -0.15) is 9.97 Å².